The van der Waals surface area contributed by atoms with Crippen LogP contribution in [-0.4, -0.2) is 18.2 Å². The van der Waals surface area contributed by atoms with E-state index in [4.69, 9.17) is 11.6 Å². The van der Waals surface area contributed by atoms with Crippen molar-refractivity contribution in [2.45, 2.75) is 19.8 Å². The summed E-state index contributed by atoms with van der Waals surface area (Å²) in [4.78, 5) is 26.9. The van der Waals surface area contributed by atoms with Crippen LogP contribution < -0.4 is 4.90 Å². The molecule has 0 radical (unpaired) electrons. The summed E-state index contributed by atoms with van der Waals surface area (Å²) in [5.41, 5.74) is 1.76. The Morgan fingerprint density at radius 3 is 2.60 bits per heavy atom. The first-order valence-corrected chi connectivity index (χ1v) is 8.52. The number of fused-ring (bicyclic) bond motifs is 1. The van der Waals surface area contributed by atoms with Crippen LogP contribution in [-0.2, 0) is 4.79 Å². The number of rotatable bonds is 5. The summed E-state index contributed by atoms with van der Waals surface area (Å²) in [5.74, 6) is -1.02. The molecule has 0 fully saturated rings. The molecule has 0 unspecified atom stereocenters. The van der Waals surface area contributed by atoms with Crippen LogP contribution in [0.25, 0.3) is 5.57 Å². The van der Waals surface area contributed by atoms with E-state index in [-0.39, 0.29) is 17.3 Å². The Bertz CT molecular complexity index is 858. The Balaban J connectivity index is 2.00. The molecule has 25 heavy (non-hydrogen) atoms. The van der Waals surface area contributed by atoms with Crippen molar-refractivity contribution >= 4 is 34.6 Å². The molecule has 3 nitrogen and oxygen atoms in total. The van der Waals surface area contributed by atoms with Gasteiger partial charge in [0.05, 0.1) is 11.3 Å². The predicted molar refractivity (Wildman–Crippen MR) is 97.4 cm³/mol. The molecule has 2 aromatic rings. The molecule has 1 heterocycles. The predicted octanol–water partition coefficient (Wildman–Crippen LogP) is 4.89. The molecule has 0 spiro atoms. The Hall–Kier alpha value is -2.46. The molecular formula is C20H17ClFNO2. The second-order valence-electron chi connectivity index (χ2n) is 5.90. The lowest BCUT2D eigenvalue weighted by Crippen LogP contribution is -2.27. The molecule has 0 bridgehead atoms. The molecule has 5 heteroatoms. The third-order valence-electron chi connectivity index (χ3n) is 4.15. The number of carbonyl (C=O) groups excluding carboxylic acids is 2. The second kappa shape index (κ2) is 7.19. The maximum Gasteiger partial charge on any atom is 0.259 e. The number of carbonyl (C=O) groups is 2. The molecule has 0 aliphatic carbocycles. The zero-order valence-corrected chi connectivity index (χ0v) is 14.5. The molecule has 2 aromatic carbocycles. The molecule has 0 saturated carbocycles. The van der Waals surface area contributed by atoms with E-state index in [0.29, 0.717) is 28.4 Å². The van der Waals surface area contributed by atoms with Gasteiger partial charge in [0.1, 0.15) is 5.82 Å². The number of halogens is 2. The van der Waals surface area contributed by atoms with E-state index in [1.54, 1.807) is 35.2 Å². The van der Waals surface area contributed by atoms with Crippen LogP contribution >= 0.6 is 11.6 Å². The summed E-state index contributed by atoms with van der Waals surface area (Å²) in [6.07, 6.45) is 3.06. The maximum absolute atomic E-state index is 13.7. The molecule has 0 N–H and O–H groups in total. The molecular weight excluding hydrogens is 341 g/mol. The minimum atomic E-state index is -0.436. The summed E-state index contributed by atoms with van der Waals surface area (Å²) in [5, 5.41) is 0.527. The average Bonchev–Trinajstić information content (AvgIpc) is 2.85. The highest BCUT2D eigenvalue weighted by atomic mass is 35.5. The summed E-state index contributed by atoms with van der Waals surface area (Å²) in [7, 11) is 0. The average molecular weight is 358 g/mol. The molecule has 128 valence electrons. The van der Waals surface area contributed by atoms with Crippen molar-refractivity contribution < 1.29 is 14.0 Å². The molecule has 0 saturated heterocycles. The van der Waals surface area contributed by atoms with Crippen molar-refractivity contribution in [3.63, 3.8) is 0 Å². The van der Waals surface area contributed by atoms with Crippen molar-refractivity contribution in [3.05, 3.63) is 70.5 Å². The third-order valence-corrected chi connectivity index (χ3v) is 4.41. The lowest BCUT2D eigenvalue weighted by Gasteiger charge is -2.16. The standard InChI is InChI=1S/C20H17ClFNO2/c1-2-3-10-23-18-9-8-15(22)11-16(18)17(20(23)25)12-19(24)13-4-6-14(21)7-5-13/h4-9,11-12H,2-3,10H2,1H3/b17-12+. The monoisotopic (exact) mass is 357 g/mol. The van der Waals surface area contributed by atoms with Crippen molar-refractivity contribution in [1.82, 2.24) is 0 Å². The first-order valence-electron chi connectivity index (χ1n) is 8.14. The first-order chi connectivity index (χ1) is 12.0. The van der Waals surface area contributed by atoms with E-state index in [1.807, 2.05) is 6.92 Å². The van der Waals surface area contributed by atoms with Gasteiger partial charge in [0.2, 0.25) is 0 Å². The fraction of sp³-hybridized carbons (Fsp3) is 0.200. The number of benzene rings is 2. The molecule has 1 amide bonds. The van der Waals surface area contributed by atoms with E-state index in [1.165, 1.54) is 18.2 Å². The van der Waals surface area contributed by atoms with Gasteiger partial charge in [-0.3, -0.25) is 9.59 Å². The van der Waals surface area contributed by atoms with E-state index in [9.17, 15) is 14.0 Å². The lowest BCUT2D eigenvalue weighted by atomic mass is 10.0. The Kier molecular flexibility index (Phi) is 5.00. The fourth-order valence-electron chi connectivity index (χ4n) is 2.84. The van der Waals surface area contributed by atoms with Crippen LogP contribution in [0.5, 0.6) is 0 Å². The van der Waals surface area contributed by atoms with Crippen molar-refractivity contribution in [2.75, 3.05) is 11.4 Å². The quantitative estimate of drug-likeness (QED) is 0.564. The van der Waals surface area contributed by atoms with Gasteiger partial charge in [-0.25, -0.2) is 4.39 Å². The van der Waals surface area contributed by atoms with E-state index >= 15 is 0 Å². The van der Waals surface area contributed by atoms with Crippen molar-refractivity contribution in [2.24, 2.45) is 0 Å². The summed E-state index contributed by atoms with van der Waals surface area (Å²) < 4.78 is 13.7. The SMILES string of the molecule is CCCCN1C(=O)/C(=C/C(=O)c2ccc(Cl)cc2)c2cc(F)ccc21. The van der Waals surface area contributed by atoms with Gasteiger partial charge >= 0.3 is 0 Å². The minimum Gasteiger partial charge on any atom is -0.308 e. The van der Waals surface area contributed by atoms with Crippen LogP contribution in [0.3, 0.4) is 0 Å². The largest absolute Gasteiger partial charge is 0.308 e. The number of allylic oxidation sites excluding steroid dienone is 1. The number of anilines is 1. The van der Waals surface area contributed by atoms with Gasteiger partial charge in [0, 0.05) is 22.7 Å². The number of unbranched alkanes of at least 4 members (excludes halogenated alkanes) is 1. The summed E-state index contributed by atoms with van der Waals surface area (Å²) in [6, 6.07) is 10.7. The second-order valence-corrected chi connectivity index (χ2v) is 6.34. The molecule has 0 atom stereocenters. The van der Waals surface area contributed by atoms with E-state index < -0.39 is 5.82 Å². The Morgan fingerprint density at radius 1 is 1.20 bits per heavy atom. The van der Waals surface area contributed by atoms with Crippen LogP contribution in [0.1, 0.15) is 35.7 Å². The van der Waals surface area contributed by atoms with E-state index in [2.05, 4.69) is 0 Å². The first kappa shape index (κ1) is 17.4. The van der Waals surface area contributed by atoms with Gasteiger partial charge in [0.15, 0.2) is 5.78 Å². The summed E-state index contributed by atoms with van der Waals surface area (Å²) in [6.45, 7) is 2.58. The van der Waals surface area contributed by atoms with Gasteiger partial charge in [-0.05, 0) is 55.0 Å². The third kappa shape index (κ3) is 3.49. The van der Waals surface area contributed by atoms with Crippen LogP contribution in [0.2, 0.25) is 5.02 Å². The minimum absolute atomic E-state index is 0.227. The maximum atomic E-state index is 13.7. The fourth-order valence-corrected chi connectivity index (χ4v) is 2.96. The topological polar surface area (TPSA) is 37.4 Å². The number of amides is 1. The van der Waals surface area contributed by atoms with Crippen molar-refractivity contribution in [3.8, 4) is 0 Å². The normalized spacial score (nSPS) is 14.9. The van der Waals surface area contributed by atoms with Gasteiger partial charge in [-0.1, -0.05) is 24.9 Å². The smallest absolute Gasteiger partial charge is 0.259 e. The van der Waals surface area contributed by atoms with Crippen LogP contribution in [0, 0.1) is 5.82 Å². The van der Waals surface area contributed by atoms with Gasteiger partial charge in [-0.15, -0.1) is 0 Å². The molecule has 3 rings (SSSR count). The summed E-state index contributed by atoms with van der Waals surface area (Å²) >= 11 is 5.83. The highest BCUT2D eigenvalue weighted by Crippen LogP contribution is 2.37. The highest BCUT2D eigenvalue weighted by Gasteiger charge is 2.32. The number of hydrogen-bond donors (Lipinski definition) is 0. The molecule has 1 aliphatic rings. The highest BCUT2D eigenvalue weighted by molar-refractivity contribution is 6.36. The Labute approximate surface area is 150 Å². The van der Waals surface area contributed by atoms with Crippen molar-refractivity contribution in [1.29, 1.82) is 0 Å². The number of nitrogens with zero attached hydrogens (tertiary/aromatic N) is 1. The lowest BCUT2D eigenvalue weighted by molar-refractivity contribution is -0.113. The zero-order chi connectivity index (χ0) is 18.0. The van der Waals surface area contributed by atoms with Gasteiger partial charge < -0.3 is 4.90 Å². The van der Waals surface area contributed by atoms with Gasteiger partial charge in [0.25, 0.3) is 5.91 Å². The zero-order valence-electron chi connectivity index (χ0n) is 13.8. The van der Waals surface area contributed by atoms with E-state index in [0.717, 1.165) is 12.8 Å². The molecule has 1 aliphatic heterocycles. The number of ketones is 1. The van der Waals surface area contributed by atoms with Crippen LogP contribution in [0.4, 0.5) is 10.1 Å². The van der Waals surface area contributed by atoms with Crippen LogP contribution in [0.15, 0.2) is 48.5 Å². The Morgan fingerprint density at radius 2 is 1.92 bits per heavy atom. The van der Waals surface area contributed by atoms with Gasteiger partial charge in [-0.2, -0.15) is 0 Å². The molecule has 0 aromatic heterocycles. The number of hydrogen-bond acceptors (Lipinski definition) is 2.